The van der Waals surface area contributed by atoms with Crippen molar-refractivity contribution in [1.82, 2.24) is 0 Å². The summed E-state index contributed by atoms with van der Waals surface area (Å²) < 4.78 is 6.44. The third kappa shape index (κ3) is 3.25. The summed E-state index contributed by atoms with van der Waals surface area (Å²) in [5.41, 5.74) is 11.2. The number of nitrogen functional groups attached to an aromatic ring is 1. The molecule has 2 aromatic carbocycles. The largest absolute Gasteiger partial charge is 0.496 e. The number of anilines is 2. The molecule has 0 saturated carbocycles. The lowest BCUT2D eigenvalue weighted by Crippen LogP contribution is -2.06. The zero-order valence-corrected chi connectivity index (χ0v) is 13.5. The topological polar surface area (TPSA) is 47.3 Å². The first kappa shape index (κ1) is 14.7. The fourth-order valence-corrected chi connectivity index (χ4v) is 2.62. The van der Waals surface area contributed by atoms with Crippen LogP contribution in [0.1, 0.15) is 16.7 Å². The molecule has 0 aliphatic heterocycles. The second-order valence-electron chi connectivity index (χ2n) is 4.85. The van der Waals surface area contributed by atoms with E-state index in [0.29, 0.717) is 6.54 Å². The molecule has 0 saturated heterocycles. The third-order valence-electron chi connectivity index (χ3n) is 3.27. The Morgan fingerprint density at radius 3 is 2.60 bits per heavy atom. The van der Waals surface area contributed by atoms with Crippen LogP contribution < -0.4 is 15.8 Å². The standard InChI is InChI=1S/C16H19BrN2O/c1-10-6-11(2)13(16(7-10)20-3)9-19-15-5-4-12(17)8-14(15)18/h4-8,19H,9,18H2,1-3H3. The summed E-state index contributed by atoms with van der Waals surface area (Å²) in [5.74, 6) is 0.908. The van der Waals surface area contributed by atoms with Gasteiger partial charge in [0.05, 0.1) is 18.5 Å². The molecule has 2 aromatic rings. The van der Waals surface area contributed by atoms with Crippen LogP contribution in [0.15, 0.2) is 34.8 Å². The number of halogens is 1. The molecule has 0 fully saturated rings. The van der Waals surface area contributed by atoms with E-state index in [1.807, 2.05) is 18.2 Å². The van der Waals surface area contributed by atoms with Crippen molar-refractivity contribution >= 4 is 27.3 Å². The van der Waals surface area contributed by atoms with Crippen molar-refractivity contribution in [1.29, 1.82) is 0 Å². The van der Waals surface area contributed by atoms with E-state index in [2.05, 4.69) is 47.2 Å². The van der Waals surface area contributed by atoms with Crippen molar-refractivity contribution in [2.75, 3.05) is 18.2 Å². The first-order valence-electron chi connectivity index (χ1n) is 6.44. The second-order valence-corrected chi connectivity index (χ2v) is 5.76. The molecule has 4 heteroatoms. The van der Waals surface area contributed by atoms with Gasteiger partial charge in [0.15, 0.2) is 0 Å². The maximum Gasteiger partial charge on any atom is 0.124 e. The van der Waals surface area contributed by atoms with E-state index in [4.69, 9.17) is 10.5 Å². The van der Waals surface area contributed by atoms with Crippen LogP contribution in [0.2, 0.25) is 0 Å². The van der Waals surface area contributed by atoms with Crippen molar-refractivity contribution in [2.24, 2.45) is 0 Å². The van der Waals surface area contributed by atoms with Gasteiger partial charge in [0.2, 0.25) is 0 Å². The molecule has 2 rings (SSSR count). The monoisotopic (exact) mass is 334 g/mol. The van der Waals surface area contributed by atoms with E-state index in [0.717, 1.165) is 27.2 Å². The summed E-state index contributed by atoms with van der Waals surface area (Å²) in [6.45, 7) is 4.85. The minimum absolute atomic E-state index is 0.682. The minimum Gasteiger partial charge on any atom is -0.496 e. The fourth-order valence-electron chi connectivity index (χ4n) is 2.25. The Morgan fingerprint density at radius 2 is 1.95 bits per heavy atom. The first-order valence-corrected chi connectivity index (χ1v) is 7.23. The maximum absolute atomic E-state index is 5.99. The van der Waals surface area contributed by atoms with Crippen molar-refractivity contribution in [3.8, 4) is 5.75 Å². The van der Waals surface area contributed by atoms with Crippen molar-refractivity contribution in [2.45, 2.75) is 20.4 Å². The van der Waals surface area contributed by atoms with Crippen LogP contribution in [0.25, 0.3) is 0 Å². The number of hydrogen-bond acceptors (Lipinski definition) is 3. The molecule has 0 aliphatic carbocycles. The number of methoxy groups -OCH3 is 1. The fraction of sp³-hybridized carbons (Fsp3) is 0.250. The number of aryl methyl sites for hydroxylation is 2. The molecule has 0 aromatic heterocycles. The zero-order valence-electron chi connectivity index (χ0n) is 12.0. The third-order valence-corrected chi connectivity index (χ3v) is 3.76. The van der Waals surface area contributed by atoms with Crippen LogP contribution in [-0.2, 0) is 6.54 Å². The number of ether oxygens (including phenoxy) is 1. The number of nitrogens with one attached hydrogen (secondary N) is 1. The number of rotatable bonds is 4. The summed E-state index contributed by atoms with van der Waals surface area (Å²) in [6, 6.07) is 10.0. The van der Waals surface area contributed by atoms with Crippen LogP contribution in [-0.4, -0.2) is 7.11 Å². The SMILES string of the molecule is COc1cc(C)cc(C)c1CNc1ccc(Br)cc1N. The lowest BCUT2D eigenvalue weighted by atomic mass is 10.0. The van der Waals surface area contributed by atoms with Gasteiger partial charge in [-0.3, -0.25) is 0 Å². The van der Waals surface area contributed by atoms with Crippen LogP contribution in [0, 0.1) is 13.8 Å². The second kappa shape index (κ2) is 6.18. The molecule has 0 amide bonds. The van der Waals surface area contributed by atoms with E-state index in [-0.39, 0.29) is 0 Å². The van der Waals surface area contributed by atoms with E-state index in [1.165, 1.54) is 11.1 Å². The maximum atomic E-state index is 5.99. The van der Waals surface area contributed by atoms with Gasteiger partial charge in [-0.05, 0) is 49.2 Å². The predicted molar refractivity (Wildman–Crippen MR) is 88.3 cm³/mol. The smallest absolute Gasteiger partial charge is 0.124 e. The average Bonchev–Trinajstić information content (AvgIpc) is 2.38. The Morgan fingerprint density at radius 1 is 1.20 bits per heavy atom. The Hall–Kier alpha value is -1.68. The van der Waals surface area contributed by atoms with Crippen LogP contribution >= 0.6 is 15.9 Å². The van der Waals surface area contributed by atoms with Gasteiger partial charge in [0.1, 0.15) is 5.75 Å². The molecular formula is C16H19BrN2O. The van der Waals surface area contributed by atoms with E-state index >= 15 is 0 Å². The van der Waals surface area contributed by atoms with Gasteiger partial charge < -0.3 is 15.8 Å². The van der Waals surface area contributed by atoms with E-state index < -0.39 is 0 Å². The number of nitrogens with two attached hydrogens (primary N) is 1. The average molecular weight is 335 g/mol. The Bertz CT molecular complexity index is 626. The van der Waals surface area contributed by atoms with Crippen molar-refractivity contribution in [3.05, 3.63) is 51.5 Å². The molecule has 3 nitrogen and oxygen atoms in total. The lowest BCUT2D eigenvalue weighted by Gasteiger charge is -2.15. The molecule has 0 radical (unpaired) electrons. The molecule has 0 spiro atoms. The normalized spacial score (nSPS) is 10.4. The van der Waals surface area contributed by atoms with Gasteiger partial charge in [-0.1, -0.05) is 22.0 Å². The van der Waals surface area contributed by atoms with Gasteiger partial charge in [-0.25, -0.2) is 0 Å². The van der Waals surface area contributed by atoms with Crippen LogP contribution in [0.3, 0.4) is 0 Å². The molecule has 0 unspecified atom stereocenters. The number of benzene rings is 2. The molecule has 20 heavy (non-hydrogen) atoms. The summed E-state index contributed by atoms with van der Waals surface area (Å²) in [5, 5.41) is 3.37. The van der Waals surface area contributed by atoms with E-state index in [1.54, 1.807) is 7.11 Å². The van der Waals surface area contributed by atoms with Crippen LogP contribution in [0.4, 0.5) is 11.4 Å². The molecule has 0 atom stereocenters. The van der Waals surface area contributed by atoms with Gasteiger partial charge in [-0.2, -0.15) is 0 Å². The summed E-state index contributed by atoms with van der Waals surface area (Å²) >= 11 is 3.41. The Labute approximate surface area is 128 Å². The van der Waals surface area contributed by atoms with E-state index in [9.17, 15) is 0 Å². The zero-order chi connectivity index (χ0) is 14.7. The molecule has 0 aliphatic rings. The molecular weight excluding hydrogens is 316 g/mol. The highest BCUT2D eigenvalue weighted by Crippen LogP contribution is 2.27. The lowest BCUT2D eigenvalue weighted by molar-refractivity contribution is 0.409. The molecule has 0 bridgehead atoms. The highest BCUT2D eigenvalue weighted by atomic mass is 79.9. The van der Waals surface area contributed by atoms with Gasteiger partial charge in [0.25, 0.3) is 0 Å². The Balaban J connectivity index is 2.22. The van der Waals surface area contributed by atoms with Gasteiger partial charge >= 0.3 is 0 Å². The summed E-state index contributed by atoms with van der Waals surface area (Å²) in [7, 11) is 1.70. The quantitative estimate of drug-likeness (QED) is 0.821. The summed E-state index contributed by atoms with van der Waals surface area (Å²) in [6.07, 6.45) is 0. The molecule has 0 heterocycles. The van der Waals surface area contributed by atoms with Gasteiger partial charge in [0, 0.05) is 16.6 Å². The predicted octanol–water partition coefficient (Wildman–Crippen LogP) is 4.27. The minimum atomic E-state index is 0.682. The molecule has 106 valence electrons. The van der Waals surface area contributed by atoms with Crippen molar-refractivity contribution in [3.63, 3.8) is 0 Å². The van der Waals surface area contributed by atoms with Crippen molar-refractivity contribution < 1.29 is 4.74 Å². The molecule has 3 N–H and O–H groups in total. The highest BCUT2D eigenvalue weighted by Gasteiger charge is 2.08. The first-order chi connectivity index (χ1) is 9.51. The Kier molecular flexibility index (Phi) is 4.55. The van der Waals surface area contributed by atoms with Crippen LogP contribution in [0.5, 0.6) is 5.75 Å². The highest BCUT2D eigenvalue weighted by molar-refractivity contribution is 9.10. The number of hydrogen-bond donors (Lipinski definition) is 2. The summed E-state index contributed by atoms with van der Waals surface area (Å²) in [4.78, 5) is 0. The van der Waals surface area contributed by atoms with Gasteiger partial charge in [-0.15, -0.1) is 0 Å².